The molecule has 1 aromatic carbocycles. The zero-order chi connectivity index (χ0) is 13.1. The summed E-state index contributed by atoms with van der Waals surface area (Å²) in [6, 6.07) is 7.50. The predicted octanol–water partition coefficient (Wildman–Crippen LogP) is 0.652. The summed E-state index contributed by atoms with van der Waals surface area (Å²) in [7, 11) is 0. The van der Waals surface area contributed by atoms with Crippen molar-refractivity contribution in [3.05, 3.63) is 41.6 Å². The molecule has 0 unspecified atom stereocenters. The van der Waals surface area contributed by atoms with E-state index in [-0.39, 0.29) is 18.8 Å². The summed E-state index contributed by atoms with van der Waals surface area (Å²) in [6.07, 6.45) is 1.25. The first-order chi connectivity index (χ1) is 8.61. The molecule has 0 fully saturated rings. The van der Waals surface area contributed by atoms with Gasteiger partial charge in [0.05, 0.1) is 13.2 Å². The lowest BCUT2D eigenvalue weighted by Gasteiger charge is -2.13. The van der Waals surface area contributed by atoms with E-state index in [1.807, 2.05) is 31.2 Å². The fourth-order valence-corrected chi connectivity index (χ4v) is 1.70. The Morgan fingerprint density at radius 1 is 1.22 bits per heavy atom. The summed E-state index contributed by atoms with van der Waals surface area (Å²) < 4.78 is 0. The van der Waals surface area contributed by atoms with Crippen LogP contribution in [0.15, 0.2) is 36.0 Å². The second kappa shape index (κ2) is 5.01. The van der Waals surface area contributed by atoms with Crippen LogP contribution in [-0.4, -0.2) is 35.0 Å². The second-order valence-corrected chi connectivity index (χ2v) is 4.07. The van der Waals surface area contributed by atoms with Crippen LogP contribution in [0.2, 0.25) is 0 Å². The minimum Gasteiger partial charge on any atom is -0.395 e. The van der Waals surface area contributed by atoms with Gasteiger partial charge in [0.15, 0.2) is 0 Å². The number of benzene rings is 1. The fraction of sp³-hybridized carbons (Fsp3) is 0.231. The van der Waals surface area contributed by atoms with E-state index in [0.29, 0.717) is 0 Å². The van der Waals surface area contributed by atoms with E-state index in [2.05, 4.69) is 5.32 Å². The minimum atomic E-state index is -0.408. The summed E-state index contributed by atoms with van der Waals surface area (Å²) in [5, 5.41) is 11.7. The molecule has 0 atom stereocenters. The molecule has 94 valence electrons. The molecule has 5 nitrogen and oxygen atoms in total. The Labute approximate surface area is 105 Å². The predicted molar refractivity (Wildman–Crippen MR) is 66.7 cm³/mol. The second-order valence-electron chi connectivity index (χ2n) is 4.07. The first-order valence-electron chi connectivity index (χ1n) is 5.64. The number of rotatable bonds is 4. The number of carbonyl (C=O) groups is 2. The number of aryl methyl sites for hydroxylation is 1. The van der Waals surface area contributed by atoms with Crippen molar-refractivity contribution in [2.24, 2.45) is 0 Å². The average Bonchev–Trinajstić information content (AvgIpc) is 2.60. The Hall–Kier alpha value is -2.14. The molecule has 0 saturated carbocycles. The van der Waals surface area contributed by atoms with Gasteiger partial charge in [0.2, 0.25) is 0 Å². The topological polar surface area (TPSA) is 69.6 Å². The smallest absolute Gasteiger partial charge is 0.277 e. The molecule has 2 rings (SSSR count). The summed E-state index contributed by atoms with van der Waals surface area (Å²) >= 11 is 0. The van der Waals surface area contributed by atoms with Crippen molar-refractivity contribution in [2.75, 3.05) is 18.5 Å². The quantitative estimate of drug-likeness (QED) is 0.765. The lowest BCUT2D eigenvalue weighted by atomic mass is 10.2. The molecule has 1 heterocycles. The molecule has 2 amide bonds. The Morgan fingerprint density at radius 2 is 1.89 bits per heavy atom. The molecule has 1 aliphatic heterocycles. The van der Waals surface area contributed by atoms with Gasteiger partial charge in [-0.05, 0) is 19.1 Å². The fourth-order valence-electron chi connectivity index (χ4n) is 1.70. The lowest BCUT2D eigenvalue weighted by Crippen LogP contribution is -2.34. The molecule has 5 heteroatoms. The maximum absolute atomic E-state index is 11.8. The van der Waals surface area contributed by atoms with E-state index in [4.69, 9.17) is 5.11 Å². The molecule has 0 bridgehead atoms. The van der Waals surface area contributed by atoms with E-state index in [1.54, 1.807) is 0 Å². The molecule has 0 radical (unpaired) electrons. The SMILES string of the molecule is Cc1ccc(NC2=CC(=O)N(CCO)C2=O)cc1. The van der Waals surface area contributed by atoms with Crippen LogP contribution in [0, 0.1) is 6.92 Å². The first-order valence-corrected chi connectivity index (χ1v) is 5.64. The maximum atomic E-state index is 11.8. The lowest BCUT2D eigenvalue weighted by molar-refractivity contribution is -0.137. The molecule has 1 aliphatic rings. The van der Waals surface area contributed by atoms with E-state index in [0.717, 1.165) is 16.2 Å². The first kappa shape index (κ1) is 12.3. The third-order valence-corrected chi connectivity index (χ3v) is 2.66. The van der Waals surface area contributed by atoms with Crippen molar-refractivity contribution in [1.82, 2.24) is 4.90 Å². The van der Waals surface area contributed by atoms with Gasteiger partial charge in [-0.15, -0.1) is 0 Å². The number of β-amino-alcohol motifs (C(OH)–C–C–N with tert-alkyl or cyclic N) is 1. The Kier molecular flexibility index (Phi) is 3.43. The normalized spacial score (nSPS) is 15.0. The van der Waals surface area contributed by atoms with Gasteiger partial charge in [0, 0.05) is 11.8 Å². The summed E-state index contributed by atoms with van der Waals surface area (Å²) in [4.78, 5) is 24.4. The van der Waals surface area contributed by atoms with Gasteiger partial charge in [-0.3, -0.25) is 14.5 Å². The van der Waals surface area contributed by atoms with Gasteiger partial charge in [-0.2, -0.15) is 0 Å². The van der Waals surface area contributed by atoms with Crippen LogP contribution >= 0.6 is 0 Å². The largest absolute Gasteiger partial charge is 0.395 e. The van der Waals surface area contributed by atoms with Crippen molar-refractivity contribution in [2.45, 2.75) is 6.92 Å². The van der Waals surface area contributed by atoms with Gasteiger partial charge in [-0.1, -0.05) is 17.7 Å². The zero-order valence-electron chi connectivity index (χ0n) is 10.0. The third kappa shape index (κ3) is 2.41. The zero-order valence-corrected chi connectivity index (χ0v) is 10.0. The highest BCUT2D eigenvalue weighted by Gasteiger charge is 2.30. The number of anilines is 1. The van der Waals surface area contributed by atoms with Gasteiger partial charge >= 0.3 is 0 Å². The Morgan fingerprint density at radius 3 is 2.50 bits per heavy atom. The van der Waals surface area contributed by atoms with E-state index in [1.165, 1.54) is 6.08 Å². The van der Waals surface area contributed by atoms with E-state index >= 15 is 0 Å². The number of aliphatic hydroxyl groups excluding tert-OH is 1. The number of carbonyl (C=O) groups excluding carboxylic acids is 2. The molecule has 18 heavy (non-hydrogen) atoms. The number of hydrogen-bond acceptors (Lipinski definition) is 4. The molecular weight excluding hydrogens is 232 g/mol. The van der Waals surface area contributed by atoms with Crippen molar-refractivity contribution in [3.63, 3.8) is 0 Å². The Balaban J connectivity index is 2.11. The highest BCUT2D eigenvalue weighted by atomic mass is 16.3. The van der Waals surface area contributed by atoms with E-state index in [9.17, 15) is 9.59 Å². The van der Waals surface area contributed by atoms with E-state index < -0.39 is 11.8 Å². The summed E-state index contributed by atoms with van der Waals surface area (Å²) in [6.45, 7) is 1.76. The van der Waals surface area contributed by atoms with Gasteiger partial charge in [-0.25, -0.2) is 0 Å². The number of nitrogens with zero attached hydrogens (tertiary/aromatic N) is 1. The van der Waals surface area contributed by atoms with Crippen LogP contribution in [0.5, 0.6) is 0 Å². The standard InChI is InChI=1S/C13H14N2O3/c1-9-2-4-10(5-3-9)14-11-8-12(17)15(6-7-16)13(11)18/h2-5,8,14,16H,6-7H2,1H3. The Bertz CT molecular complexity index is 505. The van der Waals surface area contributed by atoms with Crippen LogP contribution in [-0.2, 0) is 9.59 Å². The number of hydrogen-bond donors (Lipinski definition) is 2. The van der Waals surface area contributed by atoms with Crippen LogP contribution in [0.3, 0.4) is 0 Å². The van der Waals surface area contributed by atoms with Gasteiger partial charge < -0.3 is 10.4 Å². The number of aliphatic hydroxyl groups is 1. The average molecular weight is 246 g/mol. The van der Waals surface area contributed by atoms with Crippen molar-refractivity contribution in [3.8, 4) is 0 Å². The third-order valence-electron chi connectivity index (χ3n) is 2.66. The molecular formula is C13H14N2O3. The molecule has 0 aliphatic carbocycles. The van der Waals surface area contributed by atoms with Crippen molar-refractivity contribution < 1.29 is 14.7 Å². The minimum absolute atomic E-state index is 0.0211. The molecule has 0 aromatic heterocycles. The highest BCUT2D eigenvalue weighted by Crippen LogP contribution is 2.17. The molecule has 0 saturated heterocycles. The number of nitrogens with one attached hydrogen (secondary N) is 1. The molecule has 0 spiro atoms. The summed E-state index contributed by atoms with van der Waals surface area (Å²) in [5.74, 6) is -0.807. The molecule has 2 N–H and O–H groups in total. The van der Waals surface area contributed by atoms with Crippen LogP contribution < -0.4 is 5.32 Å². The maximum Gasteiger partial charge on any atom is 0.277 e. The van der Waals surface area contributed by atoms with Gasteiger partial charge in [0.25, 0.3) is 11.8 Å². The monoisotopic (exact) mass is 246 g/mol. The van der Waals surface area contributed by atoms with Crippen LogP contribution in [0.25, 0.3) is 0 Å². The van der Waals surface area contributed by atoms with Crippen LogP contribution in [0.1, 0.15) is 5.56 Å². The van der Waals surface area contributed by atoms with Crippen molar-refractivity contribution in [1.29, 1.82) is 0 Å². The highest BCUT2D eigenvalue weighted by molar-refractivity contribution is 6.17. The van der Waals surface area contributed by atoms with Crippen LogP contribution in [0.4, 0.5) is 5.69 Å². The summed E-state index contributed by atoms with van der Waals surface area (Å²) in [5.41, 5.74) is 2.10. The van der Waals surface area contributed by atoms with Gasteiger partial charge in [0.1, 0.15) is 5.70 Å². The molecule has 1 aromatic rings. The number of imide groups is 1. The number of amides is 2. The van der Waals surface area contributed by atoms with Crippen molar-refractivity contribution >= 4 is 17.5 Å².